The number of carbonyl (C=O) groups excluding carboxylic acids is 2. The van der Waals surface area contributed by atoms with Crippen molar-refractivity contribution in [3.05, 3.63) is 0 Å². The first-order valence-electron chi connectivity index (χ1n) is 9.01. The molecule has 2 aliphatic rings. The molecule has 1 heterocycles. The molecule has 2 amide bonds. The molecule has 1 saturated carbocycles. The van der Waals surface area contributed by atoms with Crippen LogP contribution in [0.2, 0.25) is 0 Å². The Labute approximate surface area is 144 Å². The van der Waals surface area contributed by atoms with E-state index in [9.17, 15) is 14.4 Å². The van der Waals surface area contributed by atoms with Crippen molar-refractivity contribution in [3.8, 4) is 0 Å². The lowest BCUT2D eigenvalue weighted by molar-refractivity contribution is -0.152. The molecule has 0 spiro atoms. The van der Waals surface area contributed by atoms with Crippen molar-refractivity contribution in [2.75, 3.05) is 26.7 Å². The Balaban J connectivity index is 1.87. The summed E-state index contributed by atoms with van der Waals surface area (Å²) in [7, 11) is 1.71. The van der Waals surface area contributed by atoms with Gasteiger partial charge in [0.05, 0.1) is 12.5 Å². The van der Waals surface area contributed by atoms with Gasteiger partial charge in [-0.3, -0.25) is 14.4 Å². The molecule has 1 N–H and O–H groups in total. The third kappa shape index (κ3) is 4.08. The van der Waals surface area contributed by atoms with Crippen LogP contribution in [0.15, 0.2) is 0 Å². The minimum atomic E-state index is -0.782. The van der Waals surface area contributed by atoms with Crippen LogP contribution in [-0.2, 0) is 14.4 Å². The number of hydrogen-bond acceptors (Lipinski definition) is 3. The third-order valence-electron chi connectivity index (χ3n) is 5.48. The predicted octanol–water partition coefficient (Wildman–Crippen LogP) is 1.98. The van der Waals surface area contributed by atoms with Crippen molar-refractivity contribution in [1.82, 2.24) is 9.80 Å². The van der Waals surface area contributed by atoms with Crippen LogP contribution in [0.5, 0.6) is 0 Å². The summed E-state index contributed by atoms with van der Waals surface area (Å²) in [5.74, 6) is -0.647. The summed E-state index contributed by atoms with van der Waals surface area (Å²) in [4.78, 5) is 39.5. The van der Waals surface area contributed by atoms with E-state index in [4.69, 9.17) is 5.11 Å². The summed E-state index contributed by atoms with van der Waals surface area (Å²) >= 11 is 0. The number of carbonyl (C=O) groups is 3. The molecule has 1 aliphatic carbocycles. The lowest BCUT2D eigenvalue weighted by atomic mass is 9.63. The highest BCUT2D eigenvalue weighted by Crippen LogP contribution is 2.47. The van der Waals surface area contributed by atoms with Gasteiger partial charge in [-0.25, -0.2) is 0 Å². The molecule has 136 valence electrons. The quantitative estimate of drug-likeness (QED) is 0.803. The molecule has 1 saturated heterocycles. The first kappa shape index (κ1) is 18.7. The Bertz CT molecular complexity index is 491. The summed E-state index contributed by atoms with van der Waals surface area (Å²) in [5, 5.41) is 9.02. The summed E-state index contributed by atoms with van der Waals surface area (Å²) in [6.07, 6.45) is 4.81. The zero-order chi connectivity index (χ0) is 17.9. The highest BCUT2D eigenvalue weighted by molar-refractivity contribution is 5.88. The SMILES string of the molecule is CC(C)CC1(C(=O)N(C)CC(=O)N2CCC(C(=O)O)CC2)CCC1. The molecule has 1 aliphatic heterocycles. The Hall–Kier alpha value is -1.59. The molecule has 0 bridgehead atoms. The Morgan fingerprint density at radius 1 is 1.21 bits per heavy atom. The van der Waals surface area contributed by atoms with Crippen LogP contribution in [0, 0.1) is 17.3 Å². The molecule has 0 aromatic rings. The van der Waals surface area contributed by atoms with Crippen molar-refractivity contribution < 1.29 is 19.5 Å². The summed E-state index contributed by atoms with van der Waals surface area (Å²) < 4.78 is 0. The summed E-state index contributed by atoms with van der Waals surface area (Å²) in [6, 6.07) is 0. The minimum Gasteiger partial charge on any atom is -0.481 e. The lowest BCUT2D eigenvalue weighted by Crippen LogP contribution is -2.51. The lowest BCUT2D eigenvalue weighted by Gasteiger charge is -2.44. The average Bonchev–Trinajstić information content (AvgIpc) is 2.50. The van der Waals surface area contributed by atoms with E-state index < -0.39 is 5.97 Å². The maximum Gasteiger partial charge on any atom is 0.306 e. The molecule has 2 fully saturated rings. The molecule has 24 heavy (non-hydrogen) atoms. The van der Waals surface area contributed by atoms with Crippen molar-refractivity contribution in [3.63, 3.8) is 0 Å². The number of piperidine rings is 1. The molecule has 0 aromatic carbocycles. The third-order valence-corrected chi connectivity index (χ3v) is 5.48. The molecular formula is C18H30N2O4. The Morgan fingerprint density at radius 3 is 2.21 bits per heavy atom. The van der Waals surface area contributed by atoms with Crippen molar-refractivity contribution >= 4 is 17.8 Å². The maximum atomic E-state index is 12.8. The van der Waals surface area contributed by atoms with Gasteiger partial charge in [-0.1, -0.05) is 20.3 Å². The van der Waals surface area contributed by atoms with Gasteiger partial charge in [0.2, 0.25) is 11.8 Å². The second-order valence-corrected chi connectivity index (χ2v) is 7.89. The van der Waals surface area contributed by atoms with E-state index in [0.29, 0.717) is 31.8 Å². The van der Waals surface area contributed by atoms with E-state index in [1.54, 1.807) is 16.8 Å². The molecule has 0 unspecified atom stereocenters. The van der Waals surface area contributed by atoms with E-state index >= 15 is 0 Å². The van der Waals surface area contributed by atoms with Gasteiger partial charge in [0, 0.05) is 25.6 Å². The normalized spacial score (nSPS) is 20.6. The van der Waals surface area contributed by atoms with E-state index in [0.717, 1.165) is 25.7 Å². The second kappa shape index (κ2) is 7.53. The topological polar surface area (TPSA) is 77.9 Å². The maximum absolute atomic E-state index is 12.8. The van der Waals surface area contributed by atoms with Gasteiger partial charge >= 0.3 is 5.97 Å². The summed E-state index contributed by atoms with van der Waals surface area (Å²) in [5.41, 5.74) is -0.264. The number of likely N-dealkylation sites (tertiary alicyclic amines) is 1. The van der Waals surface area contributed by atoms with Gasteiger partial charge in [-0.15, -0.1) is 0 Å². The highest BCUT2D eigenvalue weighted by atomic mass is 16.4. The molecule has 6 heteroatoms. The van der Waals surface area contributed by atoms with Gasteiger partial charge in [-0.05, 0) is 38.0 Å². The van der Waals surface area contributed by atoms with Crippen molar-refractivity contribution in [2.24, 2.45) is 17.3 Å². The Kier molecular flexibility index (Phi) is 5.88. The monoisotopic (exact) mass is 338 g/mol. The van der Waals surface area contributed by atoms with Crippen molar-refractivity contribution in [2.45, 2.75) is 52.4 Å². The zero-order valence-electron chi connectivity index (χ0n) is 15.1. The Morgan fingerprint density at radius 2 is 1.79 bits per heavy atom. The van der Waals surface area contributed by atoms with Gasteiger partial charge in [0.1, 0.15) is 0 Å². The van der Waals surface area contributed by atoms with Crippen LogP contribution in [0.3, 0.4) is 0 Å². The zero-order valence-corrected chi connectivity index (χ0v) is 15.1. The number of carboxylic acid groups (broad SMARTS) is 1. The average molecular weight is 338 g/mol. The van der Waals surface area contributed by atoms with Crippen LogP contribution < -0.4 is 0 Å². The summed E-state index contributed by atoms with van der Waals surface area (Å²) in [6.45, 7) is 5.29. The number of carboxylic acids is 1. The van der Waals surface area contributed by atoms with Gasteiger partial charge < -0.3 is 14.9 Å². The molecule has 0 radical (unpaired) electrons. The van der Waals surface area contributed by atoms with E-state index in [1.165, 1.54) is 0 Å². The smallest absolute Gasteiger partial charge is 0.306 e. The van der Waals surface area contributed by atoms with Crippen LogP contribution in [0.1, 0.15) is 52.4 Å². The van der Waals surface area contributed by atoms with E-state index in [1.807, 2.05) is 0 Å². The number of hydrogen-bond donors (Lipinski definition) is 1. The predicted molar refractivity (Wildman–Crippen MR) is 90.3 cm³/mol. The fourth-order valence-corrected chi connectivity index (χ4v) is 4.05. The first-order chi connectivity index (χ1) is 11.2. The largest absolute Gasteiger partial charge is 0.481 e. The van der Waals surface area contributed by atoms with Crippen LogP contribution in [0.25, 0.3) is 0 Å². The minimum absolute atomic E-state index is 0.0753. The number of nitrogens with zero attached hydrogens (tertiary/aromatic N) is 2. The molecule has 0 atom stereocenters. The molecule has 2 rings (SSSR count). The van der Waals surface area contributed by atoms with E-state index in [-0.39, 0.29) is 29.7 Å². The van der Waals surface area contributed by atoms with Crippen LogP contribution in [0.4, 0.5) is 0 Å². The first-order valence-corrected chi connectivity index (χ1v) is 9.01. The standard InChI is InChI=1S/C18H30N2O4/c1-13(2)11-18(7-4-8-18)17(24)19(3)12-15(21)20-9-5-14(6-10-20)16(22)23/h13-14H,4-12H2,1-3H3,(H,22,23). The highest BCUT2D eigenvalue weighted by Gasteiger charge is 2.46. The number of likely N-dealkylation sites (N-methyl/N-ethyl adjacent to an activating group) is 1. The van der Waals surface area contributed by atoms with Crippen molar-refractivity contribution in [1.29, 1.82) is 0 Å². The number of amides is 2. The molecular weight excluding hydrogens is 308 g/mol. The second-order valence-electron chi connectivity index (χ2n) is 7.89. The molecule has 6 nitrogen and oxygen atoms in total. The fraction of sp³-hybridized carbons (Fsp3) is 0.833. The number of aliphatic carboxylic acids is 1. The van der Waals surface area contributed by atoms with E-state index in [2.05, 4.69) is 13.8 Å². The van der Waals surface area contributed by atoms with Crippen LogP contribution in [-0.4, -0.2) is 59.4 Å². The van der Waals surface area contributed by atoms with Gasteiger partial charge in [-0.2, -0.15) is 0 Å². The van der Waals surface area contributed by atoms with Gasteiger partial charge in [0.25, 0.3) is 0 Å². The van der Waals surface area contributed by atoms with Crippen LogP contribution >= 0.6 is 0 Å². The molecule has 0 aromatic heterocycles. The van der Waals surface area contributed by atoms with Gasteiger partial charge in [0.15, 0.2) is 0 Å². The number of rotatable bonds is 6. The fourth-order valence-electron chi connectivity index (χ4n) is 4.05.